The number of rotatable bonds is 14. The second kappa shape index (κ2) is 28.4. The summed E-state index contributed by atoms with van der Waals surface area (Å²) in [7, 11) is 5.59. The molecule has 1 heterocycles. The molecule has 308 valence electrons. The van der Waals surface area contributed by atoms with Crippen molar-refractivity contribution in [3.05, 3.63) is 0 Å². The topological polar surface area (TPSA) is 166 Å². The molecule has 1 aliphatic carbocycles. The Morgan fingerprint density at radius 3 is 1.96 bits per heavy atom. The number of carbonyl (C=O) groups is 5. The Bertz CT molecular complexity index is 1020. The largest absolute Gasteiger partial charge is 0.372 e. The second-order valence-electron chi connectivity index (χ2n) is 15.3. The number of hydrogen-bond acceptors (Lipinski definition) is 9. The smallest absolute Gasteiger partial charge is 0.315 e. The zero-order valence-corrected chi connectivity index (χ0v) is 36.8. The molecule has 0 aromatic carbocycles. The molecule has 15 heteroatoms. The summed E-state index contributed by atoms with van der Waals surface area (Å²) in [6.07, 6.45) is 7.97. The maximum absolute atomic E-state index is 14.3. The molecule has 0 bridgehead atoms. The fourth-order valence-electron chi connectivity index (χ4n) is 6.00. The number of likely N-dealkylation sites (tertiary alicyclic amines) is 1. The summed E-state index contributed by atoms with van der Waals surface area (Å²) in [5.41, 5.74) is 3.45. The monoisotopic (exact) mass is 780 g/mol. The fraction of sp³-hybridized carbons (Fsp3) is 0.865. The number of Topliss-reactive ketones (excluding diaryl/α,β-unsaturated/α-hetero) is 1. The molecular weight excluding hydrogens is 703 g/mol. The van der Waals surface area contributed by atoms with Crippen LogP contribution < -0.4 is 21.7 Å². The summed E-state index contributed by atoms with van der Waals surface area (Å²) in [5, 5.41) is 10.8. The van der Waals surface area contributed by atoms with Gasteiger partial charge in [-0.3, -0.25) is 19.2 Å². The van der Waals surface area contributed by atoms with Gasteiger partial charge >= 0.3 is 6.03 Å². The standard InChI is InChI=1S/C31H58N6O5S.C3H8.C2H6.CH3NO.H2S/c1-21(2)19-23(22(3)38)32-27(39)24-15-14-18-37(24)28(40)26(31(7)16-12-11-13-17-31)34-29(41)33-25(30(4,5)6)20-36(10)42-43-35(8)9;1-3-2;1-2;2-1-3;/h21,23-26H,11-20H2,1-10H3,(H,32,39)(H2,33,34,41);3H2,1-2H3;1-2H3;1H,(H2,2,3);1H2. The van der Waals surface area contributed by atoms with Crippen molar-refractivity contribution < 1.29 is 28.3 Å². The molecule has 52 heavy (non-hydrogen) atoms. The van der Waals surface area contributed by atoms with E-state index in [1.807, 2.05) is 53.1 Å². The molecule has 1 saturated heterocycles. The number of primary amides is 1. The van der Waals surface area contributed by atoms with Crippen LogP contribution in [0.3, 0.4) is 0 Å². The number of urea groups is 1. The van der Waals surface area contributed by atoms with E-state index in [1.54, 1.807) is 9.96 Å². The Balaban J connectivity index is -0.00000245. The average molecular weight is 780 g/mol. The number of nitrogens with two attached hydrogens (primary N) is 1. The molecule has 0 radical (unpaired) electrons. The summed E-state index contributed by atoms with van der Waals surface area (Å²) < 4.78 is 7.52. The Morgan fingerprint density at radius 2 is 1.52 bits per heavy atom. The highest BCUT2D eigenvalue weighted by Gasteiger charge is 2.46. The first kappa shape index (κ1) is 54.3. The van der Waals surface area contributed by atoms with E-state index in [-0.39, 0.29) is 54.9 Å². The van der Waals surface area contributed by atoms with Crippen LogP contribution in [0.25, 0.3) is 0 Å². The Labute approximate surface area is 328 Å². The van der Waals surface area contributed by atoms with Crippen molar-refractivity contribution in [3.63, 3.8) is 0 Å². The molecule has 5 N–H and O–H groups in total. The van der Waals surface area contributed by atoms with E-state index in [4.69, 9.17) is 9.08 Å². The highest BCUT2D eigenvalue weighted by molar-refractivity contribution is 7.92. The number of hydrogen-bond donors (Lipinski definition) is 4. The number of ketones is 1. The third-order valence-electron chi connectivity index (χ3n) is 8.67. The van der Waals surface area contributed by atoms with Crippen LogP contribution in [0, 0.1) is 16.7 Å². The van der Waals surface area contributed by atoms with Gasteiger partial charge in [0.2, 0.25) is 18.2 Å². The second-order valence-corrected chi connectivity index (χ2v) is 16.3. The van der Waals surface area contributed by atoms with Crippen LogP contribution in [0.2, 0.25) is 0 Å². The van der Waals surface area contributed by atoms with Crippen LogP contribution in [0.5, 0.6) is 0 Å². The number of carbonyl (C=O) groups excluding carboxylic acids is 5. The molecule has 0 aromatic rings. The van der Waals surface area contributed by atoms with E-state index in [0.29, 0.717) is 32.4 Å². The van der Waals surface area contributed by atoms with Crippen molar-refractivity contribution in [2.24, 2.45) is 22.5 Å². The minimum atomic E-state index is -0.778. The SMILES string of the molecule is CC.CC(=O)C(CC(C)C)NC(=O)C1CCCN1C(=O)C(NC(=O)NC(CN(C)OSN(C)C)C(C)(C)C)C1(C)CCCCC1.CCC.NC=O.S. The summed E-state index contributed by atoms with van der Waals surface area (Å²) in [4.78, 5) is 63.8. The summed E-state index contributed by atoms with van der Waals surface area (Å²) in [6.45, 7) is 22.9. The van der Waals surface area contributed by atoms with Crippen molar-refractivity contribution in [2.45, 2.75) is 158 Å². The summed E-state index contributed by atoms with van der Waals surface area (Å²) in [5.74, 6) is -0.372. The Kier molecular flexibility index (Phi) is 29.6. The molecule has 2 aliphatic rings. The third kappa shape index (κ3) is 21.0. The molecule has 13 nitrogen and oxygen atoms in total. The lowest BCUT2D eigenvalue weighted by Crippen LogP contribution is -2.62. The summed E-state index contributed by atoms with van der Waals surface area (Å²) >= 11 is 1.20. The first-order valence-corrected chi connectivity index (χ1v) is 19.5. The van der Waals surface area contributed by atoms with Gasteiger partial charge in [-0.1, -0.05) is 94.9 Å². The molecule has 5 amide bonds. The molecule has 2 rings (SSSR count). The lowest BCUT2D eigenvalue weighted by Gasteiger charge is -2.43. The highest BCUT2D eigenvalue weighted by Crippen LogP contribution is 2.40. The quantitative estimate of drug-likeness (QED) is 0.0739. The first-order valence-electron chi connectivity index (χ1n) is 18.8. The molecular formula is C37H77N7O6S2. The molecule has 4 atom stereocenters. The van der Waals surface area contributed by atoms with E-state index in [9.17, 15) is 19.2 Å². The van der Waals surface area contributed by atoms with Gasteiger partial charge < -0.3 is 26.6 Å². The van der Waals surface area contributed by atoms with Gasteiger partial charge in [-0.2, -0.15) is 18.6 Å². The van der Waals surface area contributed by atoms with Crippen LogP contribution in [0.1, 0.15) is 134 Å². The number of nitrogens with one attached hydrogen (secondary N) is 3. The van der Waals surface area contributed by atoms with Gasteiger partial charge in [-0.15, -0.1) is 0 Å². The van der Waals surface area contributed by atoms with Crippen LogP contribution in [-0.4, -0.2) is 103 Å². The predicted molar refractivity (Wildman–Crippen MR) is 220 cm³/mol. The third-order valence-corrected chi connectivity index (χ3v) is 9.29. The Morgan fingerprint density at radius 1 is 1.00 bits per heavy atom. The summed E-state index contributed by atoms with van der Waals surface area (Å²) in [6, 6.07) is -2.70. The van der Waals surface area contributed by atoms with E-state index in [2.05, 4.69) is 63.2 Å². The highest BCUT2D eigenvalue weighted by atomic mass is 32.2. The van der Waals surface area contributed by atoms with Crippen molar-refractivity contribution in [1.29, 1.82) is 0 Å². The van der Waals surface area contributed by atoms with Crippen LogP contribution >= 0.6 is 25.7 Å². The molecule has 0 aromatic heterocycles. The zero-order valence-electron chi connectivity index (χ0n) is 35.0. The average Bonchev–Trinajstić information content (AvgIpc) is 3.53. The lowest BCUT2D eigenvalue weighted by molar-refractivity contribution is -0.143. The van der Waals surface area contributed by atoms with Gasteiger partial charge in [-0.05, 0) is 69.9 Å². The van der Waals surface area contributed by atoms with Crippen LogP contribution in [0.4, 0.5) is 4.79 Å². The van der Waals surface area contributed by atoms with Crippen LogP contribution in [-0.2, 0) is 23.5 Å². The molecule has 4 unspecified atom stereocenters. The van der Waals surface area contributed by atoms with E-state index in [1.165, 1.54) is 25.6 Å². The molecule has 0 spiro atoms. The predicted octanol–water partition coefficient (Wildman–Crippen LogP) is 5.80. The molecule has 1 saturated carbocycles. The van der Waals surface area contributed by atoms with Gasteiger partial charge in [0.25, 0.3) is 0 Å². The minimum absolute atomic E-state index is 0. The first-order chi connectivity index (χ1) is 23.8. The van der Waals surface area contributed by atoms with E-state index >= 15 is 0 Å². The van der Waals surface area contributed by atoms with E-state index in [0.717, 1.165) is 32.1 Å². The number of hydroxylamine groups is 2. The zero-order chi connectivity index (χ0) is 39.9. The van der Waals surface area contributed by atoms with Gasteiger partial charge in [0.15, 0.2) is 5.78 Å². The minimum Gasteiger partial charge on any atom is -0.372 e. The van der Waals surface area contributed by atoms with Crippen molar-refractivity contribution in [2.75, 3.05) is 34.2 Å². The fourth-order valence-corrected chi connectivity index (χ4v) is 6.30. The van der Waals surface area contributed by atoms with E-state index < -0.39 is 29.6 Å². The Hall–Kier alpha value is -2.07. The maximum atomic E-state index is 14.3. The van der Waals surface area contributed by atoms with Gasteiger partial charge in [-0.25, -0.2) is 13.4 Å². The molecule has 2 fully saturated rings. The van der Waals surface area contributed by atoms with Gasteiger partial charge in [0, 0.05) is 20.1 Å². The lowest BCUT2D eigenvalue weighted by atomic mass is 9.70. The molecule has 1 aliphatic heterocycles. The van der Waals surface area contributed by atoms with Crippen molar-refractivity contribution in [3.8, 4) is 0 Å². The number of amides is 5. The maximum Gasteiger partial charge on any atom is 0.315 e. The van der Waals surface area contributed by atoms with Crippen molar-refractivity contribution in [1.82, 2.24) is 30.2 Å². The van der Waals surface area contributed by atoms with Crippen molar-refractivity contribution >= 4 is 55.8 Å². The van der Waals surface area contributed by atoms with Gasteiger partial charge in [0.05, 0.1) is 12.1 Å². The number of likely N-dealkylation sites (N-methyl/N-ethyl adjacent to an activating group) is 1. The normalized spacial score (nSPS) is 18.1. The van der Waals surface area contributed by atoms with Crippen LogP contribution in [0.15, 0.2) is 0 Å². The van der Waals surface area contributed by atoms with Gasteiger partial charge in [0.1, 0.15) is 24.3 Å². The number of nitrogens with zero attached hydrogens (tertiary/aromatic N) is 3.